The zero-order valence-corrected chi connectivity index (χ0v) is 11.5. The molecule has 20 heavy (non-hydrogen) atoms. The summed E-state index contributed by atoms with van der Waals surface area (Å²) in [6, 6.07) is 15.6. The van der Waals surface area contributed by atoms with Crippen LogP contribution in [0, 0.1) is 11.7 Å². The molecule has 0 radical (unpaired) electrons. The maximum absolute atomic E-state index is 13.4. The van der Waals surface area contributed by atoms with Crippen molar-refractivity contribution < 1.29 is 9.13 Å². The Bertz CT molecular complexity index is 581. The molecule has 0 bridgehead atoms. The molecule has 3 rings (SSSR count). The highest BCUT2D eigenvalue weighted by Gasteiger charge is 2.32. The standard InChI is InChI=1S/C17H18FNO/c1-20-16-11-14(9-10-15(16)18)19-17(13-7-8-13)12-5-3-2-4-6-12/h2-6,9-11,13,17,19H,7-8H2,1H3. The molecule has 0 amide bonds. The van der Waals surface area contributed by atoms with Crippen LogP contribution in [0.4, 0.5) is 10.1 Å². The van der Waals surface area contributed by atoms with Gasteiger partial charge in [0.15, 0.2) is 11.6 Å². The number of rotatable bonds is 5. The van der Waals surface area contributed by atoms with E-state index >= 15 is 0 Å². The molecule has 1 fully saturated rings. The van der Waals surface area contributed by atoms with E-state index in [1.165, 1.54) is 31.6 Å². The van der Waals surface area contributed by atoms with Crippen LogP contribution in [0.5, 0.6) is 5.75 Å². The van der Waals surface area contributed by atoms with Crippen LogP contribution in [0.3, 0.4) is 0 Å². The maximum atomic E-state index is 13.4. The molecule has 1 N–H and O–H groups in total. The van der Waals surface area contributed by atoms with Gasteiger partial charge >= 0.3 is 0 Å². The van der Waals surface area contributed by atoms with E-state index in [0.29, 0.717) is 5.92 Å². The molecule has 104 valence electrons. The van der Waals surface area contributed by atoms with Crippen LogP contribution in [-0.4, -0.2) is 7.11 Å². The largest absolute Gasteiger partial charge is 0.494 e. The second kappa shape index (κ2) is 5.53. The smallest absolute Gasteiger partial charge is 0.165 e. The van der Waals surface area contributed by atoms with Gasteiger partial charge in [-0.05, 0) is 36.5 Å². The topological polar surface area (TPSA) is 21.3 Å². The number of benzene rings is 2. The Morgan fingerprint density at radius 3 is 2.55 bits per heavy atom. The molecule has 2 aromatic carbocycles. The lowest BCUT2D eigenvalue weighted by Crippen LogP contribution is -2.12. The fourth-order valence-electron chi connectivity index (χ4n) is 2.49. The van der Waals surface area contributed by atoms with E-state index in [9.17, 15) is 4.39 Å². The maximum Gasteiger partial charge on any atom is 0.165 e. The number of nitrogens with one attached hydrogen (secondary N) is 1. The molecule has 0 spiro atoms. The Morgan fingerprint density at radius 2 is 1.90 bits per heavy atom. The first-order valence-corrected chi connectivity index (χ1v) is 6.93. The Morgan fingerprint density at radius 1 is 1.15 bits per heavy atom. The molecule has 0 saturated heterocycles. The molecule has 2 aromatic rings. The van der Waals surface area contributed by atoms with E-state index in [1.54, 1.807) is 12.1 Å². The van der Waals surface area contributed by atoms with E-state index in [4.69, 9.17) is 4.74 Å². The van der Waals surface area contributed by atoms with Crippen LogP contribution >= 0.6 is 0 Å². The van der Waals surface area contributed by atoms with Crippen molar-refractivity contribution in [1.29, 1.82) is 0 Å². The van der Waals surface area contributed by atoms with Gasteiger partial charge < -0.3 is 10.1 Å². The van der Waals surface area contributed by atoms with E-state index in [-0.39, 0.29) is 17.6 Å². The minimum absolute atomic E-state index is 0.276. The van der Waals surface area contributed by atoms with Gasteiger partial charge in [-0.25, -0.2) is 4.39 Å². The van der Waals surface area contributed by atoms with Crippen LogP contribution in [0.2, 0.25) is 0 Å². The summed E-state index contributed by atoms with van der Waals surface area (Å²) in [7, 11) is 1.48. The second-order valence-electron chi connectivity index (χ2n) is 5.22. The molecule has 0 heterocycles. The Balaban J connectivity index is 1.84. The van der Waals surface area contributed by atoms with Gasteiger partial charge in [-0.2, -0.15) is 0 Å². The third-order valence-corrected chi connectivity index (χ3v) is 3.73. The van der Waals surface area contributed by atoms with Gasteiger partial charge in [-0.3, -0.25) is 0 Å². The SMILES string of the molecule is COc1cc(NC(c2ccccc2)C2CC2)ccc1F. The van der Waals surface area contributed by atoms with Gasteiger partial charge in [0.25, 0.3) is 0 Å². The van der Waals surface area contributed by atoms with Crippen LogP contribution in [0.15, 0.2) is 48.5 Å². The Labute approximate surface area is 118 Å². The highest BCUT2D eigenvalue weighted by molar-refractivity contribution is 5.51. The third-order valence-electron chi connectivity index (χ3n) is 3.73. The lowest BCUT2D eigenvalue weighted by Gasteiger charge is -2.20. The number of halogens is 1. The van der Waals surface area contributed by atoms with E-state index in [1.807, 2.05) is 6.07 Å². The molecule has 0 aromatic heterocycles. The normalized spacial score (nSPS) is 15.7. The third kappa shape index (κ3) is 2.77. The van der Waals surface area contributed by atoms with Crippen LogP contribution in [0.1, 0.15) is 24.4 Å². The Kier molecular flexibility index (Phi) is 3.59. The quantitative estimate of drug-likeness (QED) is 0.870. The summed E-state index contributed by atoms with van der Waals surface area (Å²) in [5.74, 6) is 0.604. The summed E-state index contributed by atoms with van der Waals surface area (Å²) >= 11 is 0. The highest BCUT2D eigenvalue weighted by atomic mass is 19.1. The number of anilines is 1. The molecule has 1 atom stereocenters. The fourth-order valence-corrected chi connectivity index (χ4v) is 2.49. The summed E-state index contributed by atoms with van der Waals surface area (Å²) in [6.07, 6.45) is 2.48. The average molecular weight is 271 g/mol. The van der Waals surface area contributed by atoms with Crippen molar-refractivity contribution >= 4 is 5.69 Å². The van der Waals surface area contributed by atoms with E-state index < -0.39 is 0 Å². The minimum atomic E-state index is -0.333. The highest BCUT2D eigenvalue weighted by Crippen LogP contribution is 2.43. The van der Waals surface area contributed by atoms with Crippen molar-refractivity contribution in [1.82, 2.24) is 0 Å². The van der Waals surface area contributed by atoms with Gasteiger partial charge in [-0.1, -0.05) is 30.3 Å². The van der Waals surface area contributed by atoms with Crippen molar-refractivity contribution in [3.63, 3.8) is 0 Å². The molecule has 1 saturated carbocycles. The van der Waals surface area contributed by atoms with E-state index in [2.05, 4.69) is 29.6 Å². The molecular weight excluding hydrogens is 253 g/mol. The zero-order chi connectivity index (χ0) is 13.9. The van der Waals surface area contributed by atoms with Crippen molar-refractivity contribution in [3.05, 3.63) is 59.9 Å². The first-order valence-electron chi connectivity index (χ1n) is 6.93. The molecule has 3 heteroatoms. The predicted octanol–water partition coefficient (Wildman–Crippen LogP) is 4.40. The monoisotopic (exact) mass is 271 g/mol. The molecule has 2 nitrogen and oxygen atoms in total. The lowest BCUT2D eigenvalue weighted by molar-refractivity contribution is 0.386. The molecule has 0 aliphatic heterocycles. The summed E-state index contributed by atoms with van der Waals surface area (Å²) in [5.41, 5.74) is 2.17. The summed E-state index contributed by atoms with van der Waals surface area (Å²) in [4.78, 5) is 0. The number of ether oxygens (including phenoxy) is 1. The fraction of sp³-hybridized carbons (Fsp3) is 0.294. The summed E-state index contributed by atoms with van der Waals surface area (Å²) in [5, 5.41) is 3.51. The average Bonchev–Trinajstić information content (AvgIpc) is 3.32. The lowest BCUT2D eigenvalue weighted by atomic mass is 10.0. The minimum Gasteiger partial charge on any atom is -0.494 e. The molecule has 1 unspecified atom stereocenters. The van der Waals surface area contributed by atoms with Crippen LogP contribution < -0.4 is 10.1 Å². The van der Waals surface area contributed by atoms with Crippen molar-refractivity contribution in [2.45, 2.75) is 18.9 Å². The molecule has 1 aliphatic rings. The predicted molar refractivity (Wildman–Crippen MR) is 78.5 cm³/mol. The molecular formula is C17H18FNO. The van der Waals surface area contributed by atoms with Gasteiger partial charge in [0, 0.05) is 11.8 Å². The first kappa shape index (κ1) is 13.0. The van der Waals surface area contributed by atoms with Gasteiger partial charge in [0.1, 0.15) is 0 Å². The zero-order valence-electron chi connectivity index (χ0n) is 11.5. The molecule has 1 aliphatic carbocycles. The number of hydrogen-bond acceptors (Lipinski definition) is 2. The van der Waals surface area contributed by atoms with E-state index in [0.717, 1.165) is 5.69 Å². The van der Waals surface area contributed by atoms with Gasteiger partial charge in [0.2, 0.25) is 0 Å². The Hall–Kier alpha value is -2.03. The van der Waals surface area contributed by atoms with Crippen molar-refractivity contribution in [2.75, 3.05) is 12.4 Å². The number of hydrogen-bond donors (Lipinski definition) is 1. The van der Waals surface area contributed by atoms with Crippen LogP contribution in [0.25, 0.3) is 0 Å². The number of methoxy groups -OCH3 is 1. The van der Waals surface area contributed by atoms with Gasteiger partial charge in [0.05, 0.1) is 13.2 Å². The summed E-state index contributed by atoms with van der Waals surface area (Å²) in [6.45, 7) is 0. The van der Waals surface area contributed by atoms with Crippen molar-refractivity contribution in [3.8, 4) is 5.75 Å². The second-order valence-corrected chi connectivity index (χ2v) is 5.22. The van der Waals surface area contributed by atoms with Crippen molar-refractivity contribution in [2.24, 2.45) is 5.92 Å². The van der Waals surface area contributed by atoms with Crippen LogP contribution in [-0.2, 0) is 0 Å². The van der Waals surface area contributed by atoms with Gasteiger partial charge in [-0.15, -0.1) is 0 Å². The summed E-state index contributed by atoms with van der Waals surface area (Å²) < 4.78 is 18.5. The first-order chi connectivity index (χ1) is 9.78.